The van der Waals surface area contributed by atoms with Gasteiger partial charge in [0.2, 0.25) is 5.82 Å². The largest absolute Gasteiger partial charge is 0.416 e. The minimum atomic E-state index is -4.46. The van der Waals surface area contributed by atoms with Gasteiger partial charge in [-0.2, -0.15) is 13.2 Å². The van der Waals surface area contributed by atoms with Crippen LogP contribution in [0.4, 0.5) is 35.3 Å². The SMILES string of the molecule is Cc1ccc(N2CCN(C(=O)c3nc(NC(=O)Nc4ccc(C(F)(F)F)cc4)cn3C)CC2)nc1. The van der Waals surface area contributed by atoms with Gasteiger partial charge in [0.25, 0.3) is 5.91 Å². The highest BCUT2D eigenvalue weighted by atomic mass is 19.4. The van der Waals surface area contributed by atoms with Crippen LogP contribution in [0.25, 0.3) is 0 Å². The van der Waals surface area contributed by atoms with E-state index < -0.39 is 17.8 Å². The summed E-state index contributed by atoms with van der Waals surface area (Å²) in [4.78, 5) is 37.7. The molecule has 35 heavy (non-hydrogen) atoms. The summed E-state index contributed by atoms with van der Waals surface area (Å²) in [6.07, 6.45) is -1.16. The summed E-state index contributed by atoms with van der Waals surface area (Å²) < 4.78 is 39.5. The zero-order chi connectivity index (χ0) is 25.2. The Labute approximate surface area is 199 Å². The topological polar surface area (TPSA) is 95.4 Å². The number of hydrogen-bond acceptors (Lipinski definition) is 5. The molecule has 0 unspecified atom stereocenters. The molecule has 4 rings (SSSR count). The number of halogens is 3. The maximum atomic E-state index is 13.0. The second-order valence-corrected chi connectivity index (χ2v) is 8.19. The van der Waals surface area contributed by atoms with Crippen molar-refractivity contribution in [2.75, 3.05) is 41.7 Å². The molecule has 1 aromatic carbocycles. The summed E-state index contributed by atoms with van der Waals surface area (Å²) in [7, 11) is 1.64. The maximum absolute atomic E-state index is 13.0. The number of aromatic nitrogens is 3. The van der Waals surface area contributed by atoms with Gasteiger partial charge in [0.1, 0.15) is 5.82 Å². The molecule has 1 aliphatic rings. The summed E-state index contributed by atoms with van der Waals surface area (Å²) in [5, 5.41) is 4.94. The fraction of sp³-hybridized carbons (Fsp3) is 0.304. The van der Waals surface area contributed by atoms with E-state index in [0.717, 1.165) is 35.6 Å². The molecule has 3 heterocycles. The molecular formula is C23H24F3N7O2. The molecule has 0 atom stereocenters. The van der Waals surface area contributed by atoms with E-state index in [1.165, 1.54) is 10.8 Å². The zero-order valence-corrected chi connectivity index (χ0v) is 19.1. The molecule has 1 aliphatic heterocycles. The molecule has 12 heteroatoms. The van der Waals surface area contributed by atoms with E-state index in [-0.39, 0.29) is 23.2 Å². The Hall–Kier alpha value is -4.09. The minimum absolute atomic E-state index is 0.141. The van der Waals surface area contributed by atoms with Gasteiger partial charge in [-0.1, -0.05) is 6.07 Å². The number of alkyl halides is 3. The number of carbonyl (C=O) groups is 2. The van der Waals surface area contributed by atoms with Gasteiger partial charge in [-0.15, -0.1) is 0 Å². The first kappa shape index (κ1) is 24.0. The van der Waals surface area contributed by atoms with Gasteiger partial charge in [-0.25, -0.2) is 14.8 Å². The van der Waals surface area contributed by atoms with Crippen molar-refractivity contribution in [1.82, 2.24) is 19.4 Å². The van der Waals surface area contributed by atoms with Gasteiger partial charge in [0.15, 0.2) is 5.82 Å². The number of hydrogen-bond donors (Lipinski definition) is 2. The van der Waals surface area contributed by atoms with E-state index in [1.54, 1.807) is 11.9 Å². The van der Waals surface area contributed by atoms with Crippen LogP contribution in [-0.2, 0) is 13.2 Å². The zero-order valence-electron chi connectivity index (χ0n) is 19.1. The van der Waals surface area contributed by atoms with E-state index in [1.807, 2.05) is 25.3 Å². The molecule has 184 valence electrons. The number of pyridine rings is 1. The molecule has 0 bridgehead atoms. The lowest BCUT2D eigenvalue weighted by molar-refractivity contribution is -0.137. The average molecular weight is 487 g/mol. The van der Waals surface area contributed by atoms with Gasteiger partial charge < -0.3 is 19.7 Å². The number of nitrogens with one attached hydrogen (secondary N) is 2. The third-order valence-corrected chi connectivity index (χ3v) is 5.57. The first-order valence-electron chi connectivity index (χ1n) is 10.9. The lowest BCUT2D eigenvalue weighted by atomic mass is 10.2. The fourth-order valence-electron chi connectivity index (χ4n) is 3.67. The van der Waals surface area contributed by atoms with Gasteiger partial charge >= 0.3 is 12.2 Å². The molecule has 0 spiro atoms. The Kier molecular flexibility index (Phi) is 6.63. The lowest BCUT2D eigenvalue weighted by Crippen LogP contribution is -2.49. The summed E-state index contributed by atoms with van der Waals surface area (Å²) in [5.74, 6) is 0.907. The number of imidazole rings is 1. The summed E-state index contributed by atoms with van der Waals surface area (Å²) >= 11 is 0. The lowest BCUT2D eigenvalue weighted by Gasteiger charge is -2.35. The molecule has 2 aromatic heterocycles. The number of piperazine rings is 1. The molecule has 1 fully saturated rings. The van der Waals surface area contributed by atoms with Gasteiger partial charge in [-0.05, 0) is 42.8 Å². The van der Waals surface area contributed by atoms with Gasteiger partial charge in [0, 0.05) is 51.3 Å². The predicted octanol–water partition coefficient (Wildman–Crippen LogP) is 3.75. The van der Waals surface area contributed by atoms with E-state index in [4.69, 9.17) is 0 Å². The van der Waals surface area contributed by atoms with Gasteiger partial charge in [0.05, 0.1) is 5.56 Å². The Morgan fingerprint density at radius 1 is 0.971 bits per heavy atom. The smallest absolute Gasteiger partial charge is 0.353 e. The molecular weight excluding hydrogens is 463 g/mol. The first-order chi connectivity index (χ1) is 16.6. The molecule has 0 aliphatic carbocycles. The second kappa shape index (κ2) is 9.65. The highest BCUT2D eigenvalue weighted by Gasteiger charge is 2.30. The number of anilines is 3. The molecule has 0 radical (unpaired) electrons. The number of benzene rings is 1. The van der Waals surface area contributed by atoms with Crippen LogP contribution >= 0.6 is 0 Å². The van der Waals surface area contributed by atoms with E-state index in [9.17, 15) is 22.8 Å². The Morgan fingerprint density at radius 2 is 1.66 bits per heavy atom. The van der Waals surface area contributed by atoms with Crippen LogP contribution in [0.1, 0.15) is 21.7 Å². The molecule has 3 amide bonds. The van der Waals surface area contributed by atoms with E-state index >= 15 is 0 Å². The van der Waals surface area contributed by atoms with E-state index in [0.29, 0.717) is 26.2 Å². The molecule has 3 aromatic rings. The number of nitrogens with zero attached hydrogens (tertiary/aromatic N) is 5. The standard InChI is InChI=1S/C23H24F3N7O2/c1-15-3-8-19(27-13-15)32-9-11-33(12-10-32)21(34)20-29-18(14-31(20)2)30-22(35)28-17-6-4-16(5-7-17)23(24,25)26/h3-8,13-14H,9-12H2,1-2H3,(H2,28,30,35). The van der Waals surface area contributed by atoms with E-state index in [2.05, 4.69) is 25.5 Å². The minimum Gasteiger partial charge on any atom is -0.353 e. The van der Waals surface area contributed by atoms with Crippen LogP contribution < -0.4 is 15.5 Å². The van der Waals surface area contributed by atoms with Crippen LogP contribution in [0.5, 0.6) is 0 Å². The number of amides is 3. The van der Waals surface area contributed by atoms with Crippen molar-refractivity contribution >= 4 is 29.3 Å². The van der Waals surface area contributed by atoms with Crippen molar-refractivity contribution in [3.63, 3.8) is 0 Å². The average Bonchev–Trinajstić information content (AvgIpc) is 3.18. The summed E-state index contributed by atoms with van der Waals surface area (Å²) in [6, 6.07) is 7.32. The highest BCUT2D eigenvalue weighted by Crippen LogP contribution is 2.29. The highest BCUT2D eigenvalue weighted by molar-refractivity contribution is 5.99. The number of rotatable bonds is 4. The Morgan fingerprint density at radius 3 is 2.26 bits per heavy atom. The van der Waals surface area contributed by atoms with Crippen LogP contribution in [0.15, 0.2) is 48.8 Å². The van der Waals surface area contributed by atoms with Crippen molar-refractivity contribution in [1.29, 1.82) is 0 Å². The maximum Gasteiger partial charge on any atom is 0.416 e. The first-order valence-corrected chi connectivity index (χ1v) is 10.9. The van der Waals surface area contributed by atoms with Crippen molar-refractivity contribution in [3.8, 4) is 0 Å². The summed E-state index contributed by atoms with van der Waals surface area (Å²) in [5.41, 5.74) is 0.450. The van der Waals surface area contributed by atoms with Crippen LogP contribution in [-0.4, -0.2) is 57.6 Å². The molecule has 9 nitrogen and oxygen atoms in total. The fourth-order valence-corrected chi connectivity index (χ4v) is 3.67. The van der Waals surface area contributed by atoms with Crippen LogP contribution in [0.2, 0.25) is 0 Å². The van der Waals surface area contributed by atoms with Crippen molar-refractivity contribution in [2.24, 2.45) is 7.05 Å². The van der Waals surface area contributed by atoms with Crippen molar-refractivity contribution in [2.45, 2.75) is 13.1 Å². The van der Waals surface area contributed by atoms with Gasteiger partial charge in [-0.3, -0.25) is 10.1 Å². The summed E-state index contributed by atoms with van der Waals surface area (Å²) in [6.45, 7) is 4.23. The number of urea groups is 1. The third kappa shape index (κ3) is 5.70. The quantitative estimate of drug-likeness (QED) is 0.585. The van der Waals surface area contributed by atoms with Crippen molar-refractivity contribution in [3.05, 3.63) is 65.7 Å². The van der Waals surface area contributed by atoms with Crippen LogP contribution in [0, 0.1) is 6.92 Å². The molecule has 2 N–H and O–H groups in total. The Bertz CT molecular complexity index is 1200. The number of aryl methyl sites for hydroxylation is 2. The monoisotopic (exact) mass is 487 g/mol. The molecule has 1 saturated heterocycles. The second-order valence-electron chi connectivity index (χ2n) is 8.19. The third-order valence-electron chi connectivity index (χ3n) is 5.57. The molecule has 0 saturated carbocycles. The Balaban J connectivity index is 1.33. The van der Waals surface area contributed by atoms with Crippen LogP contribution in [0.3, 0.4) is 0 Å². The predicted molar refractivity (Wildman–Crippen MR) is 124 cm³/mol. The van der Waals surface area contributed by atoms with Crippen molar-refractivity contribution < 1.29 is 22.8 Å². The number of carbonyl (C=O) groups excluding carboxylic acids is 2. The normalized spacial score (nSPS) is 14.1.